The van der Waals surface area contributed by atoms with E-state index >= 15 is 0 Å². The smallest absolute Gasteiger partial charge is 0.124 e. The van der Waals surface area contributed by atoms with Gasteiger partial charge in [-0.05, 0) is 12.4 Å². The fourth-order valence-electron chi connectivity index (χ4n) is 3.07. The summed E-state index contributed by atoms with van der Waals surface area (Å²) in [5.41, 5.74) is 3.48. The molecule has 109 valence electrons. The van der Waals surface area contributed by atoms with E-state index in [9.17, 15) is 0 Å². The molecule has 1 radical (unpaired) electrons. The quantitative estimate of drug-likeness (QED) is 0.376. The minimum absolute atomic E-state index is 0. The Morgan fingerprint density at radius 2 is 2.10 bits per heavy atom. The predicted molar refractivity (Wildman–Crippen MR) is 81.3 cm³/mol. The summed E-state index contributed by atoms with van der Waals surface area (Å²) >= 11 is 0. The molecule has 0 fully saturated rings. The SMILES string of the molecule is Cc1cc2c3c(cnc2c2[c-]cccc12)C(C)(C)CO3.[Ir]. The Hall–Kier alpha value is -1.44. The molecule has 0 bridgehead atoms. The van der Waals surface area contributed by atoms with Crippen LogP contribution in [0.5, 0.6) is 5.75 Å². The van der Waals surface area contributed by atoms with Crippen molar-refractivity contribution in [3.05, 3.63) is 47.7 Å². The summed E-state index contributed by atoms with van der Waals surface area (Å²) in [7, 11) is 0. The van der Waals surface area contributed by atoms with Crippen molar-refractivity contribution in [3.63, 3.8) is 0 Å². The van der Waals surface area contributed by atoms with Crippen LogP contribution in [0, 0.1) is 13.0 Å². The number of hydrogen-bond donors (Lipinski definition) is 0. The van der Waals surface area contributed by atoms with Crippen molar-refractivity contribution < 1.29 is 24.8 Å². The van der Waals surface area contributed by atoms with Crippen LogP contribution in [0.15, 0.2) is 30.5 Å². The number of ether oxygens (including phenoxy) is 1. The van der Waals surface area contributed by atoms with Crippen molar-refractivity contribution in [2.24, 2.45) is 0 Å². The zero-order valence-electron chi connectivity index (χ0n) is 12.3. The van der Waals surface area contributed by atoms with Gasteiger partial charge in [-0.2, -0.15) is 0 Å². The van der Waals surface area contributed by atoms with Crippen molar-refractivity contribution in [2.45, 2.75) is 26.2 Å². The fraction of sp³-hybridized carbons (Fsp3) is 0.278. The van der Waals surface area contributed by atoms with Gasteiger partial charge in [0.2, 0.25) is 0 Å². The van der Waals surface area contributed by atoms with Crippen molar-refractivity contribution in [2.75, 3.05) is 6.61 Å². The van der Waals surface area contributed by atoms with E-state index in [0.29, 0.717) is 0 Å². The van der Waals surface area contributed by atoms with E-state index in [1.54, 1.807) is 0 Å². The summed E-state index contributed by atoms with van der Waals surface area (Å²) in [5, 5.41) is 3.41. The molecule has 3 heteroatoms. The van der Waals surface area contributed by atoms with Crippen LogP contribution in [0.4, 0.5) is 0 Å². The molecule has 0 saturated heterocycles. The van der Waals surface area contributed by atoms with E-state index in [4.69, 9.17) is 9.72 Å². The maximum Gasteiger partial charge on any atom is 0.124 e. The van der Waals surface area contributed by atoms with Gasteiger partial charge in [-0.15, -0.1) is 35.0 Å². The number of pyridine rings is 1. The molecule has 0 aliphatic carbocycles. The van der Waals surface area contributed by atoms with Crippen molar-refractivity contribution in [3.8, 4) is 5.75 Å². The summed E-state index contributed by atoms with van der Waals surface area (Å²) in [4.78, 5) is 4.71. The van der Waals surface area contributed by atoms with E-state index in [2.05, 4.69) is 39.0 Å². The number of rotatable bonds is 0. The minimum atomic E-state index is 0. The van der Waals surface area contributed by atoms with Gasteiger partial charge in [0.05, 0.1) is 6.61 Å². The number of aromatic nitrogens is 1. The number of nitrogens with zero attached hydrogens (tertiary/aromatic N) is 1. The van der Waals surface area contributed by atoms with Crippen LogP contribution in [-0.4, -0.2) is 11.6 Å². The Labute approximate surface area is 137 Å². The van der Waals surface area contributed by atoms with Crippen LogP contribution >= 0.6 is 0 Å². The van der Waals surface area contributed by atoms with Crippen LogP contribution in [0.25, 0.3) is 21.7 Å². The van der Waals surface area contributed by atoms with Crippen LogP contribution in [-0.2, 0) is 25.5 Å². The first kappa shape index (κ1) is 14.5. The second-order valence-electron chi connectivity index (χ2n) is 6.22. The molecule has 1 aromatic heterocycles. The Balaban J connectivity index is 0.00000132. The first-order valence-corrected chi connectivity index (χ1v) is 6.94. The molecule has 0 atom stereocenters. The minimum Gasteiger partial charge on any atom is -0.492 e. The molecule has 2 heterocycles. The average molecular weight is 455 g/mol. The van der Waals surface area contributed by atoms with Gasteiger partial charge in [0.1, 0.15) is 5.75 Å². The standard InChI is InChI=1S/C18H16NO.Ir/c1-11-8-14-16(13-7-5-4-6-12(11)13)19-9-15-17(14)20-10-18(15,2)3;/h4-6,8-9H,10H2,1-3H3;/q-1;. The fourth-order valence-corrected chi connectivity index (χ4v) is 3.07. The van der Waals surface area contributed by atoms with E-state index in [0.717, 1.165) is 28.6 Å². The van der Waals surface area contributed by atoms with Gasteiger partial charge in [0, 0.05) is 42.7 Å². The molecule has 2 aromatic carbocycles. The summed E-state index contributed by atoms with van der Waals surface area (Å²) in [6, 6.07) is 11.6. The van der Waals surface area contributed by atoms with E-state index in [1.807, 2.05) is 18.3 Å². The van der Waals surface area contributed by atoms with Gasteiger partial charge in [-0.1, -0.05) is 25.5 Å². The monoisotopic (exact) mass is 455 g/mol. The zero-order valence-corrected chi connectivity index (χ0v) is 14.7. The summed E-state index contributed by atoms with van der Waals surface area (Å²) in [6.07, 6.45) is 1.97. The number of aryl methyl sites for hydroxylation is 1. The molecular weight excluding hydrogens is 438 g/mol. The molecule has 0 unspecified atom stereocenters. The van der Waals surface area contributed by atoms with Crippen LogP contribution in [0.3, 0.4) is 0 Å². The molecule has 1 aliphatic rings. The van der Waals surface area contributed by atoms with Crippen molar-refractivity contribution >= 4 is 21.7 Å². The van der Waals surface area contributed by atoms with Gasteiger partial charge >= 0.3 is 0 Å². The van der Waals surface area contributed by atoms with Crippen LogP contribution < -0.4 is 4.74 Å². The Bertz CT molecular complexity index is 855. The average Bonchev–Trinajstić information content (AvgIpc) is 2.75. The molecule has 3 aromatic rings. The third kappa shape index (κ3) is 1.99. The first-order valence-electron chi connectivity index (χ1n) is 6.94. The molecule has 2 nitrogen and oxygen atoms in total. The van der Waals surface area contributed by atoms with Crippen molar-refractivity contribution in [1.29, 1.82) is 0 Å². The van der Waals surface area contributed by atoms with Crippen LogP contribution in [0.2, 0.25) is 0 Å². The van der Waals surface area contributed by atoms with Crippen LogP contribution in [0.1, 0.15) is 25.0 Å². The molecular formula is C18H16IrNO-. The largest absolute Gasteiger partial charge is 0.492 e. The van der Waals surface area contributed by atoms with E-state index in [-0.39, 0.29) is 25.5 Å². The maximum absolute atomic E-state index is 5.98. The number of benzene rings is 2. The summed E-state index contributed by atoms with van der Waals surface area (Å²) < 4.78 is 5.98. The second kappa shape index (κ2) is 4.79. The molecule has 0 N–H and O–H groups in total. The van der Waals surface area contributed by atoms with E-state index < -0.39 is 0 Å². The Kier molecular flexibility index (Phi) is 3.31. The van der Waals surface area contributed by atoms with Gasteiger partial charge < -0.3 is 9.72 Å². The molecule has 0 amide bonds. The second-order valence-corrected chi connectivity index (χ2v) is 6.22. The third-order valence-electron chi connectivity index (χ3n) is 4.25. The summed E-state index contributed by atoms with van der Waals surface area (Å²) in [5.74, 6) is 1.00. The van der Waals surface area contributed by atoms with Gasteiger partial charge in [0.15, 0.2) is 0 Å². The maximum atomic E-state index is 5.98. The Morgan fingerprint density at radius 1 is 1.29 bits per heavy atom. The topological polar surface area (TPSA) is 22.1 Å². The first-order chi connectivity index (χ1) is 9.58. The number of fused-ring (bicyclic) bond motifs is 5. The normalized spacial score (nSPS) is 15.6. The van der Waals surface area contributed by atoms with Gasteiger partial charge in [-0.3, -0.25) is 0 Å². The predicted octanol–water partition coefficient (Wildman–Crippen LogP) is 4.16. The molecule has 1 aliphatic heterocycles. The molecule has 0 spiro atoms. The molecule has 21 heavy (non-hydrogen) atoms. The number of hydrogen-bond acceptors (Lipinski definition) is 2. The van der Waals surface area contributed by atoms with Crippen molar-refractivity contribution in [1.82, 2.24) is 4.98 Å². The third-order valence-corrected chi connectivity index (χ3v) is 4.25. The molecule has 4 rings (SSSR count). The van der Waals surface area contributed by atoms with Gasteiger partial charge in [-0.25, -0.2) is 0 Å². The zero-order chi connectivity index (χ0) is 13.9. The molecule has 0 saturated carbocycles. The Morgan fingerprint density at radius 3 is 2.90 bits per heavy atom. The van der Waals surface area contributed by atoms with Gasteiger partial charge in [0.25, 0.3) is 0 Å². The summed E-state index contributed by atoms with van der Waals surface area (Å²) in [6.45, 7) is 7.26. The van der Waals surface area contributed by atoms with E-state index in [1.165, 1.54) is 16.5 Å².